The molecular formula is C12H19F3N4O2. The summed E-state index contributed by atoms with van der Waals surface area (Å²) in [4.78, 5) is 6.32. The van der Waals surface area contributed by atoms with Crippen molar-refractivity contribution in [1.82, 2.24) is 15.0 Å². The number of alkyl halides is 3. The molecular weight excluding hydrogens is 289 g/mol. The van der Waals surface area contributed by atoms with E-state index >= 15 is 0 Å². The number of aromatic nitrogens is 2. The predicted molar refractivity (Wildman–Crippen MR) is 67.5 cm³/mol. The summed E-state index contributed by atoms with van der Waals surface area (Å²) in [6, 6.07) is -0.350. The molecule has 2 N–H and O–H groups in total. The molecule has 0 bridgehead atoms. The van der Waals surface area contributed by atoms with Crippen LogP contribution >= 0.6 is 0 Å². The number of nitrogens with zero attached hydrogens (tertiary/aromatic N) is 3. The molecule has 120 valence electrons. The highest BCUT2D eigenvalue weighted by molar-refractivity contribution is 4.94. The molecule has 0 radical (unpaired) electrons. The number of halogens is 3. The van der Waals surface area contributed by atoms with Gasteiger partial charge in [-0.25, -0.2) is 0 Å². The third-order valence-corrected chi connectivity index (χ3v) is 3.20. The Bertz CT molecular complexity index is 432. The largest absolute Gasteiger partial charge is 0.411 e. The Morgan fingerprint density at radius 1 is 1.33 bits per heavy atom. The van der Waals surface area contributed by atoms with Crippen molar-refractivity contribution in [2.75, 3.05) is 32.8 Å². The van der Waals surface area contributed by atoms with Crippen molar-refractivity contribution in [3.05, 3.63) is 11.7 Å². The number of rotatable bonds is 7. The first-order valence-electron chi connectivity index (χ1n) is 6.89. The summed E-state index contributed by atoms with van der Waals surface area (Å²) < 4.78 is 45.1. The highest BCUT2D eigenvalue weighted by Crippen LogP contribution is 2.15. The van der Waals surface area contributed by atoms with Crippen molar-refractivity contribution < 1.29 is 22.4 Å². The minimum absolute atomic E-state index is 0.123. The van der Waals surface area contributed by atoms with Crippen LogP contribution in [0.5, 0.6) is 0 Å². The molecule has 1 aromatic heterocycles. The van der Waals surface area contributed by atoms with Gasteiger partial charge in [0, 0.05) is 6.54 Å². The molecule has 1 fully saturated rings. The van der Waals surface area contributed by atoms with Crippen molar-refractivity contribution in [1.29, 1.82) is 0 Å². The SMILES string of the molecule is NC(CN1CCCC1)c1noc(CCOCC(F)(F)F)n1. The van der Waals surface area contributed by atoms with Gasteiger partial charge in [-0.3, -0.25) is 0 Å². The van der Waals surface area contributed by atoms with Gasteiger partial charge in [0.2, 0.25) is 5.89 Å². The fourth-order valence-electron chi connectivity index (χ4n) is 2.19. The van der Waals surface area contributed by atoms with Gasteiger partial charge >= 0.3 is 6.18 Å². The van der Waals surface area contributed by atoms with Gasteiger partial charge < -0.3 is 19.9 Å². The Hall–Kier alpha value is -1.19. The predicted octanol–water partition coefficient (Wildman–Crippen LogP) is 1.29. The number of nitrogens with two attached hydrogens (primary N) is 1. The van der Waals surface area contributed by atoms with Crippen LogP contribution in [0.25, 0.3) is 0 Å². The van der Waals surface area contributed by atoms with Gasteiger partial charge in [-0.2, -0.15) is 18.2 Å². The summed E-state index contributed by atoms with van der Waals surface area (Å²) in [6.07, 6.45) is -1.85. The molecule has 9 heteroatoms. The zero-order valence-corrected chi connectivity index (χ0v) is 11.6. The summed E-state index contributed by atoms with van der Waals surface area (Å²) in [5.41, 5.74) is 5.99. The molecule has 0 aromatic carbocycles. The molecule has 2 rings (SSSR count). The molecule has 1 aromatic rings. The molecule has 0 spiro atoms. The summed E-state index contributed by atoms with van der Waals surface area (Å²) in [5.74, 6) is 0.622. The van der Waals surface area contributed by atoms with Crippen LogP contribution in [0.1, 0.15) is 30.6 Å². The van der Waals surface area contributed by atoms with Gasteiger partial charge in [0.05, 0.1) is 19.1 Å². The quantitative estimate of drug-likeness (QED) is 0.765. The Balaban J connectivity index is 1.72. The standard InChI is InChI=1S/C12H19F3N4O2/c13-12(14,15)8-20-6-3-10-17-11(18-21-10)9(16)7-19-4-1-2-5-19/h9H,1-8,16H2. The monoisotopic (exact) mass is 308 g/mol. The summed E-state index contributed by atoms with van der Waals surface area (Å²) >= 11 is 0. The minimum atomic E-state index is -4.32. The summed E-state index contributed by atoms with van der Waals surface area (Å²) in [6.45, 7) is 1.29. The van der Waals surface area contributed by atoms with E-state index in [0.29, 0.717) is 12.4 Å². The maximum atomic E-state index is 11.9. The van der Waals surface area contributed by atoms with Crippen LogP contribution in [-0.2, 0) is 11.2 Å². The first kappa shape index (κ1) is 16.2. The third kappa shape index (κ3) is 5.60. The van der Waals surface area contributed by atoms with Gasteiger partial charge in [-0.05, 0) is 25.9 Å². The maximum Gasteiger partial charge on any atom is 0.411 e. The van der Waals surface area contributed by atoms with Crippen LogP contribution < -0.4 is 5.73 Å². The van der Waals surface area contributed by atoms with Gasteiger partial charge in [0.15, 0.2) is 5.82 Å². The van der Waals surface area contributed by atoms with Gasteiger partial charge in [-0.15, -0.1) is 0 Å². The van der Waals surface area contributed by atoms with Gasteiger partial charge in [0.1, 0.15) is 6.61 Å². The molecule has 0 amide bonds. The third-order valence-electron chi connectivity index (χ3n) is 3.20. The van der Waals surface area contributed by atoms with Crippen LogP contribution in [-0.4, -0.2) is 54.1 Å². The van der Waals surface area contributed by atoms with Crippen molar-refractivity contribution in [2.45, 2.75) is 31.5 Å². The van der Waals surface area contributed by atoms with Crippen molar-refractivity contribution in [3.63, 3.8) is 0 Å². The Morgan fingerprint density at radius 2 is 2.05 bits per heavy atom. The first-order valence-corrected chi connectivity index (χ1v) is 6.89. The Kier molecular flexibility index (Phi) is 5.54. The van der Waals surface area contributed by atoms with Crippen molar-refractivity contribution in [3.8, 4) is 0 Å². The fraction of sp³-hybridized carbons (Fsp3) is 0.833. The molecule has 21 heavy (non-hydrogen) atoms. The lowest BCUT2D eigenvalue weighted by atomic mass is 10.3. The van der Waals surface area contributed by atoms with E-state index in [-0.39, 0.29) is 25.0 Å². The molecule has 1 atom stereocenters. The fourth-order valence-corrected chi connectivity index (χ4v) is 2.19. The number of hydrogen-bond donors (Lipinski definition) is 1. The lowest BCUT2D eigenvalue weighted by Gasteiger charge is -2.17. The zero-order chi connectivity index (χ0) is 15.3. The molecule has 2 heterocycles. The van der Waals surface area contributed by atoms with E-state index in [9.17, 15) is 13.2 Å². The average molecular weight is 308 g/mol. The molecule has 6 nitrogen and oxygen atoms in total. The van der Waals surface area contributed by atoms with Crippen LogP contribution in [0.4, 0.5) is 13.2 Å². The van der Waals surface area contributed by atoms with E-state index < -0.39 is 12.8 Å². The molecule has 1 saturated heterocycles. The van der Waals surface area contributed by atoms with Crippen molar-refractivity contribution in [2.24, 2.45) is 5.73 Å². The van der Waals surface area contributed by atoms with E-state index in [4.69, 9.17) is 10.3 Å². The average Bonchev–Trinajstić information content (AvgIpc) is 3.04. The highest BCUT2D eigenvalue weighted by atomic mass is 19.4. The smallest absolute Gasteiger partial charge is 0.372 e. The lowest BCUT2D eigenvalue weighted by Crippen LogP contribution is -2.30. The Morgan fingerprint density at radius 3 is 2.71 bits per heavy atom. The number of hydrogen-bond acceptors (Lipinski definition) is 6. The zero-order valence-electron chi connectivity index (χ0n) is 11.6. The molecule has 0 saturated carbocycles. The highest BCUT2D eigenvalue weighted by Gasteiger charge is 2.27. The van der Waals surface area contributed by atoms with Crippen LogP contribution in [0.15, 0.2) is 4.52 Å². The van der Waals surface area contributed by atoms with Crippen LogP contribution in [0.3, 0.4) is 0 Å². The number of likely N-dealkylation sites (tertiary alicyclic amines) is 1. The van der Waals surface area contributed by atoms with Crippen molar-refractivity contribution >= 4 is 0 Å². The van der Waals surface area contributed by atoms with E-state index in [0.717, 1.165) is 13.1 Å². The maximum absolute atomic E-state index is 11.9. The second-order valence-corrected chi connectivity index (χ2v) is 5.08. The van der Waals surface area contributed by atoms with Gasteiger partial charge in [0.25, 0.3) is 0 Å². The summed E-state index contributed by atoms with van der Waals surface area (Å²) in [5, 5.41) is 3.77. The van der Waals surface area contributed by atoms with Gasteiger partial charge in [-0.1, -0.05) is 5.16 Å². The second-order valence-electron chi connectivity index (χ2n) is 5.08. The van der Waals surface area contributed by atoms with E-state index in [1.807, 2.05) is 0 Å². The summed E-state index contributed by atoms with van der Waals surface area (Å²) in [7, 11) is 0. The van der Waals surface area contributed by atoms with Crippen LogP contribution in [0, 0.1) is 0 Å². The molecule has 1 aliphatic rings. The normalized spacial score (nSPS) is 18.3. The number of ether oxygens (including phenoxy) is 1. The van der Waals surface area contributed by atoms with E-state index in [1.54, 1.807) is 0 Å². The first-order chi connectivity index (χ1) is 9.94. The Labute approximate surface area is 120 Å². The molecule has 1 aliphatic heterocycles. The second kappa shape index (κ2) is 7.19. The van der Waals surface area contributed by atoms with Crippen LogP contribution in [0.2, 0.25) is 0 Å². The van der Waals surface area contributed by atoms with E-state index in [2.05, 4.69) is 19.8 Å². The lowest BCUT2D eigenvalue weighted by molar-refractivity contribution is -0.173. The minimum Gasteiger partial charge on any atom is -0.372 e. The molecule has 1 unspecified atom stereocenters. The van der Waals surface area contributed by atoms with E-state index in [1.165, 1.54) is 12.8 Å². The topological polar surface area (TPSA) is 77.4 Å². The molecule has 0 aliphatic carbocycles.